The van der Waals surface area contributed by atoms with Crippen LogP contribution in [0.5, 0.6) is 11.5 Å². The topological polar surface area (TPSA) is 47.3 Å². The van der Waals surface area contributed by atoms with Gasteiger partial charge in [0.25, 0.3) is 0 Å². The zero-order valence-corrected chi connectivity index (χ0v) is 11.7. The van der Waals surface area contributed by atoms with Gasteiger partial charge < -0.3 is 15.8 Å². The monoisotopic (exact) mass is 268 g/mol. The lowest BCUT2D eigenvalue weighted by Crippen LogP contribution is -2.38. The third-order valence-electron chi connectivity index (χ3n) is 3.88. The summed E-state index contributed by atoms with van der Waals surface area (Å²) in [6.45, 7) is 0. The maximum atomic E-state index is 6.30. The Hall–Kier alpha value is -1.84. The standard InChI is InChI=1S/C17H20N2O/c1-19-16(17(18)11-12-17)13-7-9-15(10-8-13)20-14-5-3-2-4-6-14/h2-10,16,19H,11-12,18H2,1H3. The zero-order chi connectivity index (χ0) is 14.0. The fraction of sp³-hybridized carbons (Fsp3) is 0.294. The lowest BCUT2D eigenvalue weighted by atomic mass is 9.98. The number of nitrogens with one attached hydrogen (secondary N) is 1. The molecule has 0 spiro atoms. The van der Waals surface area contributed by atoms with Crippen LogP contribution in [0, 0.1) is 0 Å². The normalized spacial score (nSPS) is 17.5. The Morgan fingerprint density at radius 3 is 2.15 bits per heavy atom. The first kappa shape index (κ1) is 13.2. The van der Waals surface area contributed by atoms with Crippen molar-refractivity contribution >= 4 is 0 Å². The van der Waals surface area contributed by atoms with E-state index in [2.05, 4.69) is 17.4 Å². The number of rotatable bonds is 5. The summed E-state index contributed by atoms with van der Waals surface area (Å²) in [4.78, 5) is 0. The first-order valence-corrected chi connectivity index (χ1v) is 7.00. The molecule has 3 rings (SSSR count). The molecule has 0 amide bonds. The molecule has 1 fully saturated rings. The molecule has 104 valence electrons. The van der Waals surface area contributed by atoms with E-state index < -0.39 is 0 Å². The molecular weight excluding hydrogens is 248 g/mol. The maximum absolute atomic E-state index is 6.30. The van der Waals surface area contributed by atoms with Crippen LogP contribution in [0.4, 0.5) is 0 Å². The summed E-state index contributed by atoms with van der Waals surface area (Å²) in [5.41, 5.74) is 7.44. The van der Waals surface area contributed by atoms with Crippen LogP contribution < -0.4 is 15.8 Å². The van der Waals surface area contributed by atoms with E-state index >= 15 is 0 Å². The van der Waals surface area contributed by atoms with Crippen LogP contribution >= 0.6 is 0 Å². The van der Waals surface area contributed by atoms with Gasteiger partial charge in [0, 0.05) is 5.54 Å². The average molecular weight is 268 g/mol. The van der Waals surface area contributed by atoms with Crippen LogP contribution in [-0.2, 0) is 0 Å². The Morgan fingerprint density at radius 2 is 1.60 bits per heavy atom. The van der Waals surface area contributed by atoms with E-state index in [0.717, 1.165) is 24.3 Å². The predicted octanol–water partition coefficient (Wildman–Crippen LogP) is 3.23. The molecule has 0 radical (unpaired) electrons. The molecule has 0 aromatic heterocycles. The van der Waals surface area contributed by atoms with Crippen molar-refractivity contribution in [1.82, 2.24) is 5.32 Å². The van der Waals surface area contributed by atoms with E-state index in [-0.39, 0.29) is 11.6 Å². The van der Waals surface area contributed by atoms with Crippen LogP contribution in [0.25, 0.3) is 0 Å². The molecule has 1 aliphatic rings. The lowest BCUT2D eigenvalue weighted by molar-refractivity contribution is 0.458. The smallest absolute Gasteiger partial charge is 0.127 e. The fourth-order valence-electron chi connectivity index (χ4n) is 2.57. The first-order chi connectivity index (χ1) is 9.71. The average Bonchev–Trinajstić information content (AvgIpc) is 3.21. The molecule has 2 aromatic rings. The molecule has 20 heavy (non-hydrogen) atoms. The van der Waals surface area contributed by atoms with E-state index in [1.165, 1.54) is 5.56 Å². The summed E-state index contributed by atoms with van der Waals surface area (Å²) in [6, 6.07) is 18.2. The SMILES string of the molecule is CNC(c1ccc(Oc2ccccc2)cc1)C1(N)CC1. The maximum Gasteiger partial charge on any atom is 0.127 e. The molecule has 1 atom stereocenters. The van der Waals surface area contributed by atoms with Crippen LogP contribution in [-0.4, -0.2) is 12.6 Å². The number of likely N-dealkylation sites (N-methyl/N-ethyl adjacent to an activating group) is 1. The number of hydrogen-bond donors (Lipinski definition) is 2. The molecule has 0 aliphatic heterocycles. The van der Waals surface area contributed by atoms with E-state index in [1.807, 2.05) is 49.5 Å². The molecule has 2 aromatic carbocycles. The molecule has 3 nitrogen and oxygen atoms in total. The highest BCUT2D eigenvalue weighted by Crippen LogP contribution is 2.43. The van der Waals surface area contributed by atoms with Gasteiger partial charge >= 0.3 is 0 Å². The van der Waals surface area contributed by atoms with Crippen molar-refractivity contribution in [3.05, 3.63) is 60.2 Å². The van der Waals surface area contributed by atoms with Crippen molar-refractivity contribution in [1.29, 1.82) is 0 Å². The molecule has 0 saturated heterocycles. The quantitative estimate of drug-likeness (QED) is 0.875. The first-order valence-electron chi connectivity index (χ1n) is 7.00. The second-order valence-corrected chi connectivity index (χ2v) is 5.44. The van der Waals surface area contributed by atoms with Crippen LogP contribution in [0.1, 0.15) is 24.4 Å². The van der Waals surface area contributed by atoms with Crippen LogP contribution in [0.3, 0.4) is 0 Å². The van der Waals surface area contributed by atoms with Crippen LogP contribution in [0.15, 0.2) is 54.6 Å². The molecule has 0 bridgehead atoms. The van der Waals surface area contributed by atoms with Gasteiger partial charge in [0.05, 0.1) is 6.04 Å². The van der Waals surface area contributed by atoms with Gasteiger partial charge in [-0.3, -0.25) is 0 Å². The highest BCUT2D eigenvalue weighted by molar-refractivity contribution is 5.35. The minimum absolute atomic E-state index is 0.0729. The summed E-state index contributed by atoms with van der Waals surface area (Å²) in [5.74, 6) is 1.69. The summed E-state index contributed by atoms with van der Waals surface area (Å²) in [5, 5.41) is 3.32. The third kappa shape index (κ3) is 2.69. The minimum atomic E-state index is -0.0729. The molecule has 0 heterocycles. The second-order valence-electron chi connectivity index (χ2n) is 5.44. The predicted molar refractivity (Wildman–Crippen MR) is 80.9 cm³/mol. The minimum Gasteiger partial charge on any atom is -0.457 e. The Kier molecular flexibility index (Phi) is 3.47. The second kappa shape index (κ2) is 5.27. The van der Waals surface area contributed by atoms with Crippen LogP contribution in [0.2, 0.25) is 0 Å². The Balaban J connectivity index is 1.74. The molecule has 1 unspecified atom stereocenters. The fourth-order valence-corrected chi connectivity index (χ4v) is 2.57. The molecule has 1 aliphatic carbocycles. The van der Waals surface area contributed by atoms with Gasteiger partial charge in [-0.25, -0.2) is 0 Å². The van der Waals surface area contributed by atoms with Gasteiger partial charge in [-0.05, 0) is 49.7 Å². The lowest BCUT2D eigenvalue weighted by Gasteiger charge is -2.23. The summed E-state index contributed by atoms with van der Waals surface area (Å²) >= 11 is 0. The number of para-hydroxylation sites is 1. The van der Waals surface area contributed by atoms with E-state index in [4.69, 9.17) is 10.5 Å². The van der Waals surface area contributed by atoms with Gasteiger partial charge in [0.15, 0.2) is 0 Å². The third-order valence-corrected chi connectivity index (χ3v) is 3.88. The van der Waals surface area contributed by atoms with Gasteiger partial charge in [-0.15, -0.1) is 0 Å². The summed E-state index contributed by atoms with van der Waals surface area (Å²) in [6.07, 6.45) is 2.17. The van der Waals surface area contributed by atoms with Crippen molar-refractivity contribution in [2.75, 3.05) is 7.05 Å². The largest absolute Gasteiger partial charge is 0.457 e. The highest BCUT2D eigenvalue weighted by atomic mass is 16.5. The molecule has 1 saturated carbocycles. The number of hydrogen-bond acceptors (Lipinski definition) is 3. The molecule has 3 N–H and O–H groups in total. The van der Waals surface area contributed by atoms with E-state index in [9.17, 15) is 0 Å². The Morgan fingerprint density at radius 1 is 1.00 bits per heavy atom. The Labute approximate surface area is 119 Å². The van der Waals surface area contributed by atoms with Crippen molar-refractivity contribution in [3.8, 4) is 11.5 Å². The van der Waals surface area contributed by atoms with Crippen molar-refractivity contribution in [2.24, 2.45) is 5.73 Å². The van der Waals surface area contributed by atoms with Gasteiger partial charge in [-0.2, -0.15) is 0 Å². The number of nitrogens with two attached hydrogens (primary N) is 1. The number of benzene rings is 2. The van der Waals surface area contributed by atoms with Gasteiger partial charge in [0.1, 0.15) is 11.5 Å². The van der Waals surface area contributed by atoms with E-state index in [1.54, 1.807) is 0 Å². The van der Waals surface area contributed by atoms with Crippen molar-refractivity contribution in [2.45, 2.75) is 24.4 Å². The molecular formula is C17H20N2O. The molecule has 3 heteroatoms. The highest BCUT2D eigenvalue weighted by Gasteiger charge is 2.45. The van der Waals surface area contributed by atoms with Gasteiger partial charge in [-0.1, -0.05) is 30.3 Å². The van der Waals surface area contributed by atoms with E-state index in [0.29, 0.717) is 0 Å². The summed E-state index contributed by atoms with van der Waals surface area (Å²) < 4.78 is 5.80. The van der Waals surface area contributed by atoms with Crippen molar-refractivity contribution in [3.63, 3.8) is 0 Å². The van der Waals surface area contributed by atoms with Crippen molar-refractivity contribution < 1.29 is 4.74 Å². The van der Waals surface area contributed by atoms with Gasteiger partial charge in [0.2, 0.25) is 0 Å². The zero-order valence-electron chi connectivity index (χ0n) is 11.7. The Bertz CT molecular complexity index is 561. The summed E-state index contributed by atoms with van der Waals surface area (Å²) in [7, 11) is 1.96. The number of ether oxygens (including phenoxy) is 1.